The molecular weight excluding hydrogens is 771 g/mol. The Kier molecular flexibility index (Phi) is 8.77. The van der Waals surface area contributed by atoms with Gasteiger partial charge >= 0.3 is 6.85 Å². The van der Waals surface area contributed by atoms with Crippen molar-refractivity contribution in [3.8, 4) is 27.9 Å². The van der Waals surface area contributed by atoms with Gasteiger partial charge in [-0.1, -0.05) is 161 Å². The molecule has 0 saturated heterocycles. The van der Waals surface area contributed by atoms with Gasteiger partial charge in [0.05, 0.1) is 11.0 Å². The quantitative estimate of drug-likeness (QED) is 0.146. The molecule has 2 aliphatic rings. The first-order valence-electron chi connectivity index (χ1n) is 24.0. The molecule has 0 bridgehead atoms. The third-order valence-corrected chi connectivity index (χ3v) is 15.2. The fourth-order valence-corrected chi connectivity index (χ4v) is 11.0. The number of fused-ring (bicyclic) bond motifs is 10. The van der Waals surface area contributed by atoms with Crippen molar-refractivity contribution in [1.29, 1.82) is 0 Å². The highest BCUT2D eigenvalue weighted by Gasteiger charge is 2.44. The summed E-state index contributed by atoms with van der Waals surface area (Å²) in [6, 6.07) is 35.1. The number of nitrogens with zero attached hydrogens (tertiary/aromatic N) is 2. The van der Waals surface area contributed by atoms with Gasteiger partial charge in [-0.15, -0.1) is 0 Å². The molecule has 0 aliphatic carbocycles. The van der Waals surface area contributed by atoms with Crippen LogP contribution in [0.1, 0.15) is 164 Å². The summed E-state index contributed by atoms with van der Waals surface area (Å²) in [6.07, 6.45) is 0. The highest BCUT2D eigenvalue weighted by atomic mass is 15.0. The average Bonchev–Trinajstić information content (AvgIpc) is 3.69. The maximum atomic E-state index is 2.78. The van der Waals surface area contributed by atoms with Crippen molar-refractivity contribution in [3.63, 3.8) is 0 Å². The van der Waals surface area contributed by atoms with Crippen LogP contribution in [0.3, 0.4) is 0 Å². The normalized spacial score (nSPS) is 14.5. The molecule has 64 heavy (non-hydrogen) atoms. The predicted octanol–water partition coefficient (Wildman–Crippen LogP) is 15.6. The Bertz CT molecular complexity index is 3290. The molecule has 3 heteroatoms. The lowest BCUT2D eigenvalue weighted by Gasteiger charge is -2.37. The van der Waals surface area contributed by atoms with Crippen molar-refractivity contribution < 1.29 is 0 Å². The van der Waals surface area contributed by atoms with E-state index in [0.717, 1.165) is 0 Å². The third-order valence-electron chi connectivity index (χ3n) is 15.2. The maximum absolute atomic E-state index is 2.78. The second-order valence-electron chi connectivity index (χ2n) is 26.1. The minimum atomic E-state index is -0.0480. The molecule has 0 radical (unpaired) electrons. The van der Waals surface area contributed by atoms with Crippen LogP contribution in [0, 0.1) is 6.92 Å². The summed E-state index contributed by atoms with van der Waals surface area (Å²) in [7, 11) is 0. The van der Waals surface area contributed by atoms with Gasteiger partial charge in [-0.3, -0.25) is 0 Å². The first-order valence-corrected chi connectivity index (χ1v) is 24.0. The first-order chi connectivity index (χ1) is 29.4. The van der Waals surface area contributed by atoms with Crippen LogP contribution in [-0.2, 0) is 32.5 Å². The van der Waals surface area contributed by atoms with Gasteiger partial charge in [-0.25, -0.2) is 0 Å². The summed E-state index contributed by atoms with van der Waals surface area (Å²) >= 11 is 0. The lowest BCUT2D eigenvalue weighted by molar-refractivity contribution is 0.569. The van der Waals surface area contributed by atoms with E-state index >= 15 is 0 Å². The second-order valence-corrected chi connectivity index (χ2v) is 26.1. The van der Waals surface area contributed by atoms with Crippen LogP contribution >= 0.6 is 0 Å². The van der Waals surface area contributed by atoms with E-state index in [1.54, 1.807) is 0 Å². The zero-order valence-electron chi connectivity index (χ0n) is 42.6. The Labute approximate surface area is 384 Å². The molecule has 0 spiro atoms. The Morgan fingerprint density at radius 1 is 0.391 bits per heavy atom. The van der Waals surface area contributed by atoms with E-state index in [-0.39, 0.29) is 39.3 Å². The van der Waals surface area contributed by atoms with E-state index in [1.807, 2.05) is 0 Å². The van der Waals surface area contributed by atoms with Crippen molar-refractivity contribution in [2.24, 2.45) is 0 Å². The molecule has 0 unspecified atom stereocenters. The van der Waals surface area contributed by atoms with Crippen molar-refractivity contribution >= 4 is 61.4 Å². The van der Waals surface area contributed by atoms with E-state index in [0.29, 0.717) is 0 Å². The largest absolute Gasteiger partial charge is 0.375 e. The fourth-order valence-electron chi connectivity index (χ4n) is 11.0. The zero-order valence-corrected chi connectivity index (χ0v) is 42.6. The molecule has 0 atom stereocenters. The number of hydrogen-bond acceptors (Lipinski definition) is 0. The minimum Gasteiger partial charge on any atom is -0.375 e. The Hall–Kier alpha value is -5.02. The first kappa shape index (κ1) is 42.9. The summed E-state index contributed by atoms with van der Waals surface area (Å²) in [4.78, 5) is 0. The standard InChI is InChI=1S/C61H71BN2/c1-34-42(35-24-38(58(8,9)10)26-39(25-35)59(11,12)13)33-51-53-52(34)47-31-40(60(14,15)16)29-45-44-28-37(57(5,6)7)21-23-50(44)64(54(45)47)62(53)48-32-41(61(17,18)19)30-46-43-27-36(56(2,3)4)20-22-49(43)63(51)55(46)48/h20-33H,1-19H3. The van der Waals surface area contributed by atoms with Crippen LogP contribution in [0.4, 0.5) is 0 Å². The smallest absolute Gasteiger partial charge is 0.333 e. The van der Waals surface area contributed by atoms with E-state index < -0.39 is 0 Å². The van der Waals surface area contributed by atoms with Gasteiger partial charge in [0.25, 0.3) is 0 Å². The molecule has 2 nitrogen and oxygen atoms in total. The van der Waals surface area contributed by atoms with Crippen LogP contribution in [-0.4, -0.2) is 15.9 Å². The van der Waals surface area contributed by atoms with Gasteiger partial charge in [0.15, 0.2) is 0 Å². The van der Waals surface area contributed by atoms with Gasteiger partial charge in [0.1, 0.15) is 0 Å². The molecule has 0 fully saturated rings. The molecule has 4 heterocycles. The summed E-state index contributed by atoms with van der Waals surface area (Å²) in [5, 5.41) is 5.44. The summed E-state index contributed by atoms with van der Waals surface area (Å²) in [5.74, 6) is 0. The molecule has 0 N–H and O–H groups in total. The molecule has 0 saturated carbocycles. The Morgan fingerprint density at radius 3 is 1.34 bits per heavy atom. The lowest BCUT2D eigenvalue weighted by atomic mass is 9.45. The molecule has 328 valence electrons. The monoisotopic (exact) mass is 843 g/mol. The van der Waals surface area contributed by atoms with Crippen molar-refractivity contribution in [3.05, 3.63) is 124 Å². The Balaban J connectivity index is 1.47. The SMILES string of the molecule is Cc1c(-c2cc(C(C)(C)C)cc(C(C)(C)C)c2)cc2c3c1-c1cc(C(C)(C)C)cc4c5cc(C(C)(C)C)ccc5n(c14)B3c1cc(C(C)(C)C)cc3c4cc(C(C)(C)C)ccc4n-2c13. The van der Waals surface area contributed by atoms with Crippen LogP contribution in [0.2, 0.25) is 0 Å². The van der Waals surface area contributed by atoms with Crippen molar-refractivity contribution in [1.82, 2.24) is 9.05 Å². The molecule has 8 aromatic rings. The van der Waals surface area contributed by atoms with E-state index in [2.05, 4.69) is 226 Å². The van der Waals surface area contributed by atoms with Crippen LogP contribution < -0.4 is 10.9 Å². The third kappa shape index (κ3) is 6.25. The highest BCUT2D eigenvalue weighted by Crippen LogP contribution is 2.49. The van der Waals surface area contributed by atoms with Gasteiger partial charge in [0.2, 0.25) is 0 Å². The number of rotatable bonds is 1. The number of benzene rings is 6. The molecule has 10 rings (SSSR count). The van der Waals surface area contributed by atoms with Gasteiger partial charge in [-0.05, 0) is 155 Å². The summed E-state index contributed by atoms with van der Waals surface area (Å²) in [6.45, 7) is 45.0. The molecular formula is C61H71BN2. The summed E-state index contributed by atoms with van der Waals surface area (Å²) < 4.78 is 5.47. The van der Waals surface area contributed by atoms with Gasteiger partial charge < -0.3 is 9.05 Å². The lowest BCUT2D eigenvalue weighted by Crippen LogP contribution is -2.55. The number of hydrogen-bond donors (Lipinski definition) is 0. The van der Waals surface area contributed by atoms with Crippen molar-refractivity contribution in [2.45, 2.75) is 164 Å². The second kappa shape index (κ2) is 13.1. The van der Waals surface area contributed by atoms with Crippen LogP contribution in [0.25, 0.3) is 71.6 Å². The van der Waals surface area contributed by atoms with Crippen LogP contribution in [0.5, 0.6) is 0 Å². The maximum Gasteiger partial charge on any atom is 0.333 e. The average molecular weight is 843 g/mol. The minimum absolute atomic E-state index is 0.00517. The van der Waals surface area contributed by atoms with E-state index in [1.165, 1.54) is 121 Å². The topological polar surface area (TPSA) is 9.86 Å². The zero-order chi connectivity index (χ0) is 46.3. The molecule has 0 amide bonds. The van der Waals surface area contributed by atoms with Gasteiger partial charge in [0, 0.05) is 43.8 Å². The number of aromatic nitrogens is 2. The summed E-state index contributed by atoms with van der Waals surface area (Å²) in [5.41, 5.74) is 24.5. The molecule has 6 aromatic carbocycles. The van der Waals surface area contributed by atoms with Gasteiger partial charge in [-0.2, -0.15) is 0 Å². The van der Waals surface area contributed by atoms with Crippen molar-refractivity contribution in [2.75, 3.05) is 0 Å². The van der Waals surface area contributed by atoms with E-state index in [9.17, 15) is 0 Å². The molecule has 2 aromatic heterocycles. The molecule has 2 aliphatic heterocycles. The fraction of sp³-hybridized carbons (Fsp3) is 0.410. The highest BCUT2D eigenvalue weighted by molar-refractivity contribution is 6.90. The predicted molar refractivity (Wildman–Crippen MR) is 282 cm³/mol. The van der Waals surface area contributed by atoms with Crippen LogP contribution in [0.15, 0.2) is 84.9 Å². The Morgan fingerprint density at radius 2 is 0.828 bits per heavy atom. The van der Waals surface area contributed by atoms with E-state index in [4.69, 9.17) is 0 Å².